The van der Waals surface area contributed by atoms with Crippen LogP contribution < -0.4 is 15.8 Å². The van der Waals surface area contributed by atoms with E-state index in [4.69, 9.17) is 33.7 Å². The minimum Gasteiger partial charge on any atom is -0.484 e. The monoisotopic (exact) mass is 388 g/mol. The van der Waals surface area contributed by atoms with Gasteiger partial charge in [0.2, 0.25) is 0 Å². The molecule has 21 heavy (non-hydrogen) atoms. The number of carbonyl (C=O) groups is 1. The van der Waals surface area contributed by atoms with E-state index < -0.39 is 0 Å². The van der Waals surface area contributed by atoms with Crippen molar-refractivity contribution in [3.63, 3.8) is 0 Å². The van der Waals surface area contributed by atoms with Crippen LogP contribution in [0.4, 0.5) is 11.4 Å². The van der Waals surface area contributed by atoms with Crippen molar-refractivity contribution in [2.75, 3.05) is 17.7 Å². The Kier molecular flexibility index (Phi) is 5.33. The van der Waals surface area contributed by atoms with Crippen molar-refractivity contribution in [3.05, 3.63) is 50.9 Å². The highest BCUT2D eigenvalue weighted by atomic mass is 79.9. The minimum absolute atomic E-state index is 0.158. The van der Waals surface area contributed by atoms with Gasteiger partial charge in [0, 0.05) is 9.50 Å². The summed E-state index contributed by atoms with van der Waals surface area (Å²) in [5, 5.41) is 3.28. The molecule has 0 aliphatic carbocycles. The van der Waals surface area contributed by atoms with Crippen LogP contribution in [-0.2, 0) is 4.79 Å². The molecule has 7 heteroatoms. The molecular weight excluding hydrogens is 379 g/mol. The largest absolute Gasteiger partial charge is 0.484 e. The SMILES string of the molecule is Nc1cc(Cl)cc(Cl)c1NC(=O)COc1cccc(Br)c1. The number of rotatable bonds is 4. The van der Waals surface area contributed by atoms with Crippen LogP contribution in [0.15, 0.2) is 40.9 Å². The number of benzene rings is 2. The maximum atomic E-state index is 11.9. The highest BCUT2D eigenvalue weighted by Crippen LogP contribution is 2.31. The molecule has 0 unspecified atom stereocenters. The molecule has 0 heterocycles. The van der Waals surface area contributed by atoms with Crippen LogP contribution in [0.3, 0.4) is 0 Å². The number of amides is 1. The number of anilines is 2. The van der Waals surface area contributed by atoms with Gasteiger partial charge in [-0.15, -0.1) is 0 Å². The van der Waals surface area contributed by atoms with E-state index in [1.54, 1.807) is 12.1 Å². The molecule has 110 valence electrons. The van der Waals surface area contributed by atoms with Crippen molar-refractivity contribution in [1.82, 2.24) is 0 Å². The number of nitrogens with two attached hydrogens (primary N) is 1. The number of nitrogens with one attached hydrogen (secondary N) is 1. The van der Waals surface area contributed by atoms with Crippen molar-refractivity contribution in [2.45, 2.75) is 0 Å². The molecule has 0 saturated carbocycles. The highest BCUT2D eigenvalue weighted by Gasteiger charge is 2.11. The van der Waals surface area contributed by atoms with Gasteiger partial charge in [-0.05, 0) is 30.3 Å². The summed E-state index contributed by atoms with van der Waals surface area (Å²) in [5.41, 5.74) is 6.38. The summed E-state index contributed by atoms with van der Waals surface area (Å²) in [4.78, 5) is 11.9. The topological polar surface area (TPSA) is 64.3 Å². The summed E-state index contributed by atoms with van der Waals surface area (Å²) >= 11 is 15.1. The molecule has 0 bridgehead atoms. The van der Waals surface area contributed by atoms with Crippen LogP contribution in [0, 0.1) is 0 Å². The fourth-order valence-corrected chi connectivity index (χ4v) is 2.54. The van der Waals surface area contributed by atoms with Gasteiger partial charge in [-0.25, -0.2) is 0 Å². The third-order valence-corrected chi connectivity index (χ3v) is 3.53. The summed E-state index contributed by atoms with van der Waals surface area (Å²) < 4.78 is 6.24. The second-order valence-corrected chi connectivity index (χ2v) is 5.91. The molecule has 3 N–H and O–H groups in total. The Labute approximate surface area is 140 Å². The zero-order chi connectivity index (χ0) is 15.4. The summed E-state index contributed by atoms with van der Waals surface area (Å²) in [5.74, 6) is 0.209. The molecule has 0 spiro atoms. The second kappa shape index (κ2) is 7.02. The molecule has 0 radical (unpaired) electrons. The third-order valence-electron chi connectivity index (χ3n) is 2.52. The van der Waals surface area contributed by atoms with Gasteiger partial charge in [0.05, 0.1) is 16.4 Å². The molecule has 0 saturated heterocycles. The van der Waals surface area contributed by atoms with Gasteiger partial charge in [-0.2, -0.15) is 0 Å². The van der Waals surface area contributed by atoms with Crippen LogP contribution in [0.25, 0.3) is 0 Å². The Morgan fingerprint density at radius 2 is 2.05 bits per heavy atom. The van der Waals surface area contributed by atoms with Crippen molar-refractivity contribution >= 4 is 56.4 Å². The lowest BCUT2D eigenvalue weighted by molar-refractivity contribution is -0.118. The zero-order valence-corrected chi connectivity index (χ0v) is 13.8. The number of hydrogen-bond donors (Lipinski definition) is 2. The van der Waals surface area contributed by atoms with E-state index in [-0.39, 0.29) is 17.5 Å². The summed E-state index contributed by atoms with van der Waals surface area (Å²) in [6, 6.07) is 10.2. The number of carbonyl (C=O) groups excluding carboxylic acids is 1. The van der Waals surface area contributed by atoms with Gasteiger partial charge in [0.15, 0.2) is 6.61 Å². The van der Waals surface area contributed by atoms with Crippen molar-refractivity contribution < 1.29 is 9.53 Å². The van der Waals surface area contributed by atoms with Crippen molar-refractivity contribution in [3.8, 4) is 5.75 Å². The predicted octanol–water partition coefficient (Wildman–Crippen LogP) is 4.36. The van der Waals surface area contributed by atoms with E-state index >= 15 is 0 Å². The molecular formula is C14H11BrCl2N2O2. The minimum atomic E-state index is -0.370. The van der Waals surface area contributed by atoms with E-state index in [1.807, 2.05) is 12.1 Å². The number of halogens is 3. The van der Waals surface area contributed by atoms with E-state index in [0.29, 0.717) is 22.1 Å². The third kappa shape index (κ3) is 4.52. The molecule has 1 amide bonds. The van der Waals surface area contributed by atoms with Gasteiger partial charge in [0.1, 0.15) is 5.75 Å². The highest BCUT2D eigenvalue weighted by molar-refractivity contribution is 9.10. The van der Waals surface area contributed by atoms with E-state index in [1.165, 1.54) is 12.1 Å². The molecule has 0 aliphatic heterocycles. The Bertz CT molecular complexity index is 657. The fraction of sp³-hybridized carbons (Fsp3) is 0.0714. The van der Waals surface area contributed by atoms with Gasteiger partial charge in [0.25, 0.3) is 5.91 Å². The van der Waals surface area contributed by atoms with E-state index in [0.717, 1.165) is 4.47 Å². The number of ether oxygens (including phenoxy) is 1. The second-order valence-electron chi connectivity index (χ2n) is 4.15. The Morgan fingerprint density at radius 1 is 1.29 bits per heavy atom. The zero-order valence-electron chi connectivity index (χ0n) is 10.7. The van der Waals surface area contributed by atoms with Crippen LogP contribution >= 0.6 is 39.1 Å². The lowest BCUT2D eigenvalue weighted by Gasteiger charge is -2.11. The molecule has 2 aromatic rings. The van der Waals surface area contributed by atoms with Gasteiger partial charge >= 0.3 is 0 Å². The van der Waals surface area contributed by atoms with Crippen LogP contribution in [0.5, 0.6) is 5.75 Å². The average Bonchev–Trinajstić information content (AvgIpc) is 2.40. The molecule has 4 nitrogen and oxygen atoms in total. The van der Waals surface area contributed by atoms with Crippen LogP contribution in [0.1, 0.15) is 0 Å². The maximum Gasteiger partial charge on any atom is 0.262 e. The summed E-state index contributed by atoms with van der Waals surface area (Å²) in [6.07, 6.45) is 0. The van der Waals surface area contributed by atoms with E-state index in [9.17, 15) is 4.79 Å². The van der Waals surface area contributed by atoms with Crippen LogP contribution in [-0.4, -0.2) is 12.5 Å². The molecule has 0 aromatic heterocycles. The quantitative estimate of drug-likeness (QED) is 0.763. The van der Waals surface area contributed by atoms with Crippen LogP contribution in [0.2, 0.25) is 10.0 Å². The molecule has 0 aliphatic rings. The Balaban J connectivity index is 1.99. The van der Waals surface area contributed by atoms with Crippen molar-refractivity contribution in [2.24, 2.45) is 0 Å². The number of nitrogen functional groups attached to an aromatic ring is 1. The summed E-state index contributed by atoms with van der Waals surface area (Å²) in [7, 11) is 0. The summed E-state index contributed by atoms with van der Waals surface area (Å²) in [6.45, 7) is -0.158. The average molecular weight is 390 g/mol. The molecule has 0 atom stereocenters. The maximum absolute atomic E-state index is 11.9. The first-order chi connectivity index (χ1) is 9.95. The van der Waals surface area contributed by atoms with Crippen molar-refractivity contribution in [1.29, 1.82) is 0 Å². The Hall–Kier alpha value is -1.43. The normalized spacial score (nSPS) is 10.2. The fourth-order valence-electron chi connectivity index (χ4n) is 1.61. The lowest BCUT2D eigenvalue weighted by Crippen LogP contribution is -2.21. The lowest BCUT2D eigenvalue weighted by atomic mass is 10.2. The first-order valence-corrected chi connectivity index (χ1v) is 7.43. The van der Waals surface area contributed by atoms with Gasteiger partial charge < -0.3 is 15.8 Å². The number of hydrogen-bond acceptors (Lipinski definition) is 3. The molecule has 2 rings (SSSR count). The Morgan fingerprint density at radius 3 is 2.71 bits per heavy atom. The van der Waals surface area contributed by atoms with Gasteiger partial charge in [-0.3, -0.25) is 4.79 Å². The predicted molar refractivity (Wildman–Crippen MR) is 89.1 cm³/mol. The van der Waals surface area contributed by atoms with E-state index in [2.05, 4.69) is 21.2 Å². The first-order valence-electron chi connectivity index (χ1n) is 5.88. The molecule has 2 aromatic carbocycles. The first kappa shape index (κ1) is 15.9. The van der Waals surface area contributed by atoms with Gasteiger partial charge in [-0.1, -0.05) is 45.2 Å². The smallest absolute Gasteiger partial charge is 0.262 e. The standard InChI is InChI=1S/C14H11BrCl2N2O2/c15-8-2-1-3-10(4-8)21-7-13(20)19-14-11(17)5-9(16)6-12(14)18/h1-6H,7,18H2,(H,19,20). The molecule has 0 fully saturated rings.